The number of aromatic nitrogens is 2. The van der Waals surface area contributed by atoms with Crippen LogP contribution in [0.1, 0.15) is 5.56 Å². The molecule has 0 bridgehead atoms. The second kappa shape index (κ2) is 9.10. The van der Waals surface area contributed by atoms with Gasteiger partial charge in [-0.15, -0.1) is 0 Å². The molecule has 0 spiro atoms. The van der Waals surface area contributed by atoms with Crippen LogP contribution >= 0.6 is 23.2 Å². The number of aryl methyl sites for hydroxylation is 1. The predicted octanol–water partition coefficient (Wildman–Crippen LogP) is 3.70. The second-order valence-electron chi connectivity index (χ2n) is 6.23. The third kappa shape index (κ3) is 5.04. The van der Waals surface area contributed by atoms with Gasteiger partial charge in [-0.05, 0) is 48.9 Å². The molecule has 0 amide bonds. The summed E-state index contributed by atoms with van der Waals surface area (Å²) in [6, 6.07) is 14.2. The Morgan fingerprint density at radius 1 is 1.21 bits per heavy atom. The van der Waals surface area contributed by atoms with Gasteiger partial charge in [-0.2, -0.15) is 9.78 Å². The van der Waals surface area contributed by atoms with E-state index in [1.54, 1.807) is 24.3 Å². The van der Waals surface area contributed by atoms with E-state index in [0.29, 0.717) is 22.1 Å². The van der Waals surface area contributed by atoms with Crippen LogP contribution in [0.3, 0.4) is 0 Å². The van der Waals surface area contributed by atoms with Gasteiger partial charge in [0.2, 0.25) is 0 Å². The molecule has 1 atom stereocenters. The van der Waals surface area contributed by atoms with Gasteiger partial charge in [-0.3, -0.25) is 4.79 Å². The van der Waals surface area contributed by atoms with E-state index in [1.165, 1.54) is 10.9 Å². The maximum absolute atomic E-state index is 12.5. The second-order valence-corrected chi connectivity index (χ2v) is 7.04. The van der Waals surface area contributed by atoms with Crippen LogP contribution in [0.4, 0.5) is 5.69 Å². The summed E-state index contributed by atoms with van der Waals surface area (Å²) in [7, 11) is 0. The van der Waals surface area contributed by atoms with Crippen LogP contribution in [-0.2, 0) is 0 Å². The molecule has 0 aliphatic rings. The number of rotatable bonds is 7. The third-order valence-corrected chi connectivity index (χ3v) is 4.57. The fourth-order valence-corrected chi connectivity index (χ4v) is 2.83. The number of benzene rings is 2. The molecular formula is C20H19Cl2N3O3. The molecule has 2 N–H and O–H groups in total. The normalized spacial score (nSPS) is 11.9. The highest BCUT2D eigenvalue weighted by Gasteiger charge is 2.12. The standard InChI is InChI=1S/C20H19Cl2N3O3/c1-13-3-2-4-17(9-13)28-12-16(26)10-23-18-11-24-25(20(27)19(18)22)15-7-5-14(21)6-8-15/h2-9,11,16,23,26H,10,12H2,1H3. The lowest BCUT2D eigenvalue weighted by Gasteiger charge is -2.15. The van der Waals surface area contributed by atoms with Crippen molar-refractivity contribution >= 4 is 28.9 Å². The zero-order chi connectivity index (χ0) is 20.1. The summed E-state index contributed by atoms with van der Waals surface area (Å²) in [6.07, 6.45) is 0.641. The number of ether oxygens (including phenoxy) is 1. The van der Waals surface area contributed by atoms with Crippen molar-refractivity contribution < 1.29 is 9.84 Å². The number of halogens is 2. The van der Waals surface area contributed by atoms with E-state index < -0.39 is 11.7 Å². The summed E-state index contributed by atoms with van der Waals surface area (Å²) in [6.45, 7) is 2.22. The highest BCUT2D eigenvalue weighted by molar-refractivity contribution is 6.33. The Hall–Kier alpha value is -2.54. The molecule has 3 aromatic rings. The topological polar surface area (TPSA) is 76.4 Å². The van der Waals surface area contributed by atoms with Gasteiger partial charge in [-0.25, -0.2) is 0 Å². The van der Waals surface area contributed by atoms with Crippen LogP contribution in [0.25, 0.3) is 5.69 Å². The molecular weight excluding hydrogens is 401 g/mol. The average molecular weight is 420 g/mol. The Balaban J connectivity index is 1.62. The van der Waals surface area contributed by atoms with Crippen molar-refractivity contribution in [2.75, 3.05) is 18.5 Å². The number of anilines is 1. The first kappa shape index (κ1) is 20.2. The average Bonchev–Trinajstić information content (AvgIpc) is 2.68. The lowest BCUT2D eigenvalue weighted by atomic mass is 10.2. The Morgan fingerprint density at radius 3 is 2.68 bits per heavy atom. The lowest BCUT2D eigenvalue weighted by molar-refractivity contribution is 0.117. The van der Waals surface area contributed by atoms with E-state index in [1.807, 2.05) is 31.2 Å². The van der Waals surface area contributed by atoms with Crippen molar-refractivity contribution in [3.63, 3.8) is 0 Å². The van der Waals surface area contributed by atoms with Gasteiger partial charge in [0.1, 0.15) is 23.5 Å². The predicted molar refractivity (Wildman–Crippen MR) is 111 cm³/mol. The molecule has 3 rings (SSSR count). The van der Waals surface area contributed by atoms with Gasteiger partial charge < -0.3 is 15.2 Å². The van der Waals surface area contributed by atoms with Crippen LogP contribution in [0, 0.1) is 6.92 Å². The molecule has 0 aliphatic heterocycles. The molecule has 8 heteroatoms. The number of nitrogens with zero attached hydrogens (tertiary/aromatic N) is 2. The Morgan fingerprint density at radius 2 is 1.96 bits per heavy atom. The number of aliphatic hydroxyl groups excluding tert-OH is 1. The van der Waals surface area contributed by atoms with E-state index in [-0.39, 0.29) is 18.2 Å². The summed E-state index contributed by atoms with van der Waals surface area (Å²) in [4.78, 5) is 12.5. The smallest absolute Gasteiger partial charge is 0.292 e. The molecule has 2 aromatic carbocycles. The van der Waals surface area contributed by atoms with Crippen LogP contribution in [-0.4, -0.2) is 34.1 Å². The number of nitrogens with one attached hydrogen (secondary N) is 1. The van der Waals surface area contributed by atoms with E-state index in [0.717, 1.165) is 5.56 Å². The maximum Gasteiger partial charge on any atom is 0.292 e. The number of hydrogen-bond donors (Lipinski definition) is 2. The first-order chi connectivity index (χ1) is 13.4. The Labute approximate surface area is 172 Å². The van der Waals surface area contributed by atoms with Crippen LogP contribution in [0.5, 0.6) is 5.75 Å². The maximum atomic E-state index is 12.5. The number of hydrogen-bond acceptors (Lipinski definition) is 5. The molecule has 0 aliphatic carbocycles. The summed E-state index contributed by atoms with van der Waals surface area (Å²) in [5.41, 5.74) is 1.49. The van der Waals surface area contributed by atoms with Crippen molar-refractivity contribution in [2.45, 2.75) is 13.0 Å². The highest BCUT2D eigenvalue weighted by atomic mass is 35.5. The van der Waals surface area contributed by atoms with Crippen molar-refractivity contribution in [1.82, 2.24) is 9.78 Å². The molecule has 0 radical (unpaired) electrons. The van der Waals surface area contributed by atoms with Gasteiger partial charge in [0.25, 0.3) is 5.56 Å². The monoisotopic (exact) mass is 419 g/mol. The molecule has 146 valence electrons. The van der Waals surface area contributed by atoms with E-state index >= 15 is 0 Å². The van der Waals surface area contributed by atoms with Crippen LogP contribution < -0.4 is 15.6 Å². The van der Waals surface area contributed by atoms with E-state index in [2.05, 4.69) is 10.4 Å². The Bertz CT molecular complexity index is 1010. The minimum Gasteiger partial charge on any atom is -0.491 e. The fraction of sp³-hybridized carbons (Fsp3) is 0.200. The van der Waals surface area contributed by atoms with Crippen molar-refractivity contribution in [3.05, 3.63) is 80.7 Å². The zero-order valence-corrected chi connectivity index (χ0v) is 16.6. The fourth-order valence-electron chi connectivity index (χ4n) is 2.51. The summed E-state index contributed by atoms with van der Waals surface area (Å²) >= 11 is 12.0. The molecule has 0 fully saturated rings. The minimum absolute atomic E-state index is 0.0169. The SMILES string of the molecule is Cc1cccc(OCC(O)CNc2cnn(-c3ccc(Cl)cc3)c(=O)c2Cl)c1. The number of aliphatic hydroxyl groups is 1. The van der Waals surface area contributed by atoms with Crippen molar-refractivity contribution in [1.29, 1.82) is 0 Å². The van der Waals surface area contributed by atoms with Crippen molar-refractivity contribution in [3.8, 4) is 11.4 Å². The summed E-state index contributed by atoms with van der Waals surface area (Å²) in [5, 5.41) is 17.7. The largest absolute Gasteiger partial charge is 0.491 e. The molecule has 6 nitrogen and oxygen atoms in total. The molecule has 1 unspecified atom stereocenters. The summed E-state index contributed by atoms with van der Waals surface area (Å²) < 4.78 is 6.74. The first-order valence-electron chi connectivity index (χ1n) is 8.59. The molecule has 1 aromatic heterocycles. The molecule has 1 heterocycles. The van der Waals surface area contributed by atoms with Gasteiger partial charge in [0.15, 0.2) is 0 Å². The van der Waals surface area contributed by atoms with E-state index in [9.17, 15) is 9.90 Å². The molecule has 28 heavy (non-hydrogen) atoms. The van der Waals surface area contributed by atoms with Gasteiger partial charge in [0, 0.05) is 11.6 Å². The lowest BCUT2D eigenvalue weighted by Crippen LogP contribution is -2.28. The van der Waals surface area contributed by atoms with Crippen LogP contribution in [0.2, 0.25) is 10.0 Å². The molecule has 0 saturated heterocycles. The Kier molecular flexibility index (Phi) is 6.57. The van der Waals surface area contributed by atoms with E-state index in [4.69, 9.17) is 27.9 Å². The van der Waals surface area contributed by atoms with Gasteiger partial charge in [-0.1, -0.05) is 35.3 Å². The molecule has 0 saturated carbocycles. The highest BCUT2D eigenvalue weighted by Crippen LogP contribution is 2.18. The van der Waals surface area contributed by atoms with Gasteiger partial charge in [0.05, 0.1) is 17.6 Å². The minimum atomic E-state index is -0.796. The van der Waals surface area contributed by atoms with Crippen molar-refractivity contribution in [2.24, 2.45) is 0 Å². The first-order valence-corrected chi connectivity index (χ1v) is 9.35. The summed E-state index contributed by atoms with van der Waals surface area (Å²) in [5.74, 6) is 0.685. The zero-order valence-electron chi connectivity index (χ0n) is 15.1. The third-order valence-electron chi connectivity index (χ3n) is 3.95. The van der Waals surface area contributed by atoms with Crippen LogP contribution in [0.15, 0.2) is 59.5 Å². The quantitative estimate of drug-likeness (QED) is 0.610. The van der Waals surface area contributed by atoms with Gasteiger partial charge >= 0.3 is 0 Å².